The molecule has 0 bridgehead atoms. The van der Waals surface area contributed by atoms with E-state index >= 15 is 0 Å². The van der Waals surface area contributed by atoms with Gasteiger partial charge in [0.15, 0.2) is 0 Å². The van der Waals surface area contributed by atoms with Crippen molar-refractivity contribution in [1.29, 1.82) is 0 Å². The van der Waals surface area contributed by atoms with Crippen molar-refractivity contribution in [3.8, 4) is 5.69 Å². The molecule has 0 fully saturated rings. The lowest BCUT2D eigenvalue weighted by atomic mass is 10.1. The van der Waals surface area contributed by atoms with Crippen LogP contribution in [0.4, 0.5) is 0 Å². The van der Waals surface area contributed by atoms with Crippen molar-refractivity contribution in [1.82, 2.24) is 27.5 Å². The predicted octanol–water partition coefficient (Wildman–Crippen LogP) is 16.7. The minimum absolute atomic E-state index is 0.307. The van der Waals surface area contributed by atoms with E-state index in [1.807, 2.05) is 109 Å². The molecule has 17 aromatic rings. The quantitative estimate of drug-likeness (QED) is 0.149. The van der Waals surface area contributed by atoms with Crippen LogP contribution in [0.1, 0.15) is 0 Å². The summed E-state index contributed by atoms with van der Waals surface area (Å²) in [7, 11) is -7.59. The van der Waals surface area contributed by atoms with Crippen LogP contribution < -0.4 is 0 Å². The molecule has 6 aromatic heterocycles. The summed E-state index contributed by atoms with van der Waals surface area (Å²) in [6, 6.07) is 75.7. The maximum absolute atomic E-state index is 13.9. The lowest BCUT2D eigenvalue weighted by molar-refractivity contribution is 0.588. The van der Waals surface area contributed by atoms with Gasteiger partial charge < -0.3 is 19.5 Å². The average Bonchev–Trinajstić information content (AvgIpc) is 4.18. The molecule has 0 aliphatic carbocycles. The van der Waals surface area contributed by atoms with Crippen LogP contribution in [0.3, 0.4) is 0 Å². The van der Waals surface area contributed by atoms with Crippen molar-refractivity contribution >= 4 is 173 Å². The van der Waals surface area contributed by atoms with Crippen molar-refractivity contribution < 1.29 is 16.8 Å². The smallest absolute Gasteiger partial charge is 0.270 e. The first-order valence-corrected chi connectivity index (χ1v) is 29.8. The maximum Gasteiger partial charge on any atom is 0.270 e. The van der Waals surface area contributed by atoms with Gasteiger partial charge in [-0.05, 0) is 83.3 Å². The Kier molecular flexibility index (Phi) is 9.85. The number of halogens is 1. The van der Waals surface area contributed by atoms with Crippen LogP contribution in [0.15, 0.2) is 240 Å². The molecule has 0 spiro atoms. The molecule has 1 aliphatic rings. The molecular formula is C66H41IN6O4S2. The summed E-state index contributed by atoms with van der Waals surface area (Å²) in [5.41, 5.74) is 12.1. The Morgan fingerprint density at radius 3 is 1.35 bits per heavy atom. The van der Waals surface area contributed by atoms with Gasteiger partial charge in [-0.1, -0.05) is 170 Å². The topological polar surface area (TPSA) is 130 Å². The third-order valence-electron chi connectivity index (χ3n) is 15.8. The van der Waals surface area contributed by atoms with Gasteiger partial charge in [0.2, 0.25) is 0 Å². The van der Waals surface area contributed by atoms with Crippen LogP contribution in [0.2, 0.25) is 0 Å². The molecule has 0 unspecified atom stereocenters. The molecule has 1 aliphatic heterocycles. The number of aromatic nitrogens is 6. The molecule has 13 heteroatoms. The van der Waals surface area contributed by atoms with E-state index in [-0.39, 0.29) is 0 Å². The fourth-order valence-corrected chi connectivity index (χ4v) is 17.0. The van der Waals surface area contributed by atoms with Crippen LogP contribution in [-0.2, 0) is 20.0 Å². The molecule has 18 rings (SSSR count). The van der Waals surface area contributed by atoms with Gasteiger partial charge in [0.1, 0.15) is 9.79 Å². The summed E-state index contributed by atoms with van der Waals surface area (Å²) in [5.74, 6) is 0. The van der Waals surface area contributed by atoms with Gasteiger partial charge in [-0.25, -0.2) is 24.8 Å². The van der Waals surface area contributed by atoms with E-state index in [0.29, 0.717) is 35.6 Å². The average molecular weight is 1170 g/mol. The first-order valence-electron chi connectivity index (χ1n) is 25.8. The number of H-pyrrole nitrogens is 3. The van der Waals surface area contributed by atoms with Gasteiger partial charge >= 0.3 is 0 Å². The standard InChI is InChI=1S/C24H15IN2O2S.C24H14N2O2S.C18H12N2/c25-19-9-3-6-12-22(19)30(28,29)27-21-11-5-2-8-16(21)18-14-13-17-15-7-1-4-10-20(15)26-23(17)24(18)27;27-29(28)22-12-6-5-11-21(22)25-19-9-3-1-7-15(19)17-13-14-18-16-8-2-4-10-20(16)26(29)24(18)23(17)25;1-3-7-15-11(5-1)13-9-10-14-12-6-2-4-8-16(12)20-18(14)17(13)19-15/h1-14,26H;1-14H;1-10,19-20H. The highest BCUT2D eigenvalue weighted by Gasteiger charge is 2.33. The molecule has 0 amide bonds. The molecular weight excluding hydrogens is 1130 g/mol. The van der Waals surface area contributed by atoms with Gasteiger partial charge in [-0.15, -0.1) is 0 Å². The van der Waals surface area contributed by atoms with Gasteiger partial charge in [0, 0.05) is 84.8 Å². The second-order valence-electron chi connectivity index (χ2n) is 20.0. The normalized spacial score (nSPS) is 13.2. The zero-order chi connectivity index (χ0) is 52.9. The number of rotatable bonds is 2. The van der Waals surface area contributed by atoms with Crippen molar-refractivity contribution in [2.24, 2.45) is 0 Å². The lowest BCUT2D eigenvalue weighted by Crippen LogP contribution is -2.14. The van der Waals surface area contributed by atoms with Crippen LogP contribution in [0.25, 0.3) is 137 Å². The Morgan fingerprint density at radius 2 is 0.759 bits per heavy atom. The fraction of sp³-hybridized carbons (Fsp3) is 0. The summed E-state index contributed by atoms with van der Waals surface area (Å²) in [5, 5.41) is 13.1. The summed E-state index contributed by atoms with van der Waals surface area (Å²) >= 11 is 2.09. The Bertz CT molecular complexity index is 5610. The Labute approximate surface area is 464 Å². The molecule has 10 nitrogen and oxygen atoms in total. The van der Waals surface area contributed by atoms with E-state index in [1.54, 1.807) is 28.2 Å². The van der Waals surface area contributed by atoms with E-state index < -0.39 is 20.0 Å². The number of hydrogen-bond acceptors (Lipinski definition) is 4. The monoisotopic (exact) mass is 1170 g/mol. The van der Waals surface area contributed by atoms with E-state index in [4.69, 9.17) is 0 Å². The van der Waals surface area contributed by atoms with Crippen molar-refractivity contribution in [2.45, 2.75) is 9.79 Å². The highest BCUT2D eigenvalue weighted by molar-refractivity contribution is 14.1. The predicted molar refractivity (Wildman–Crippen MR) is 332 cm³/mol. The van der Waals surface area contributed by atoms with Crippen LogP contribution in [-0.4, -0.2) is 44.3 Å². The third-order valence-corrected chi connectivity index (χ3v) is 20.7. The molecule has 7 heterocycles. The lowest BCUT2D eigenvalue weighted by Gasteiger charge is -2.11. The minimum atomic E-state index is -3.82. The third kappa shape index (κ3) is 6.48. The first kappa shape index (κ1) is 46.0. The van der Waals surface area contributed by atoms with E-state index in [0.717, 1.165) is 70.7 Å². The summed E-state index contributed by atoms with van der Waals surface area (Å²) in [6.45, 7) is 0. The number of nitrogens with zero attached hydrogens (tertiary/aromatic N) is 3. The summed E-state index contributed by atoms with van der Waals surface area (Å²) < 4.78 is 61.6. The molecule has 378 valence electrons. The van der Waals surface area contributed by atoms with Gasteiger partial charge in [0.25, 0.3) is 20.0 Å². The summed E-state index contributed by atoms with van der Waals surface area (Å²) in [4.78, 5) is 11.2. The molecule has 0 radical (unpaired) electrons. The zero-order valence-electron chi connectivity index (χ0n) is 41.6. The zero-order valence-corrected chi connectivity index (χ0v) is 45.4. The molecule has 0 atom stereocenters. The Balaban J connectivity index is 0.000000101. The number of para-hydroxylation sites is 7. The molecule has 0 saturated heterocycles. The SMILES string of the molecule is O=S(=O)(c1ccccc1I)n1c2ccccc2c2ccc3c4ccccc4[nH]c3c21.O=S1(=O)c2ccccc2-n2c3ccccc3c3ccc4c5ccccc5n1c4c32.c1ccc2c(c1)[nH]c1c2ccc2c3ccccc3[nH]c21. The number of benzene rings is 11. The maximum atomic E-state index is 13.9. The molecule has 11 aromatic carbocycles. The number of nitrogens with one attached hydrogen (secondary N) is 3. The number of hydrogen-bond donors (Lipinski definition) is 3. The highest BCUT2D eigenvalue weighted by Crippen LogP contribution is 2.46. The van der Waals surface area contributed by atoms with Gasteiger partial charge in [0.05, 0.1) is 55.3 Å². The first-order chi connectivity index (χ1) is 38.7. The van der Waals surface area contributed by atoms with Crippen LogP contribution in [0.5, 0.6) is 0 Å². The van der Waals surface area contributed by atoms with Gasteiger partial charge in [-0.2, -0.15) is 0 Å². The van der Waals surface area contributed by atoms with Crippen molar-refractivity contribution in [2.75, 3.05) is 0 Å². The van der Waals surface area contributed by atoms with E-state index in [1.165, 1.54) is 47.6 Å². The van der Waals surface area contributed by atoms with Crippen LogP contribution >= 0.6 is 22.6 Å². The van der Waals surface area contributed by atoms with Crippen molar-refractivity contribution in [3.63, 3.8) is 0 Å². The largest absolute Gasteiger partial charge is 0.353 e. The number of fused-ring (bicyclic) bond motifs is 22. The highest BCUT2D eigenvalue weighted by atomic mass is 127. The van der Waals surface area contributed by atoms with E-state index in [2.05, 4.69) is 139 Å². The molecule has 0 saturated carbocycles. The summed E-state index contributed by atoms with van der Waals surface area (Å²) in [6.07, 6.45) is 0. The van der Waals surface area contributed by atoms with Gasteiger partial charge in [-0.3, -0.25) is 0 Å². The van der Waals surface area contributed by atoms with Crippen molar-refractivity contribution in [3.05, 3.63) is 234 Å². The molecule has 79 heavy (non-hydrogen) atoms. The second kappa shape index (κ2) is 16.9. The van der Waals surface area contributed by atoms with Crippen LogP contribution in [0, 0.1) is 3.57 Å². The van der Waals surface area contributed by atoms with E-state index in [9.17, 15) is 16.8 Å². The molecule has 3 N–H and O–H groups in total. The second-order valence-corrected chi connectivity index (χ2v) is 24.7. The Morgan fingerprint density at radius 1 is 0.354 bits per heavy atom. The Hall–Kier alpha value is -9.15. The minimum Gasteiger partial charge on any atom is -0.353 e. The fourth-order valence-electron chi connectivity index (χ4n) is 12.5. The number of aromatic amines is 3.